The predicted octanol–water partition coefficient (Wildman–Crippen LogP) is 3.22. The summed E-state index contributed by atoms with van der Waals surface area (Å²) in [5.74, 6) is -0.669. The number of aryl methyl sites for hydroxylation is 1. The van der Waals surface area contributed by atoms with Crippen LogP contribution in [0.15, 0.2) is 32.9 Å². The van der Waals surface area contributed by atoms with Gasteiger partial charge in [-0.2, -0.15) is 0 Å². The fourth-order valence-corrected chi connectivity index (χ4v) is 1.99. The van der Waals surface area contributed by atoms with Crippen LogP contribution < -0.4 is 5.32 Å². The maximum absolute atomic E-state index is 11.7. The van der Waals surface area contributed by atoms with Crippen molar-refractivity contribution in [1.29, 1.82) is 0 Å². The molecule has 7 heteroatoms. The highest BCUT2D eigenvalue weighted by molar-refractivity contribution is 8.02. The Bertz CT molecular complexity index is 542. The lowest BCUT2D eigenvalue weighted by Gasteiger charge is -2.19. The number of carbonyl (C=O) groups excluding carboxylic acids is 2. The average molecular weight is 313 g/mol. The van der Waals surface area contributed by atoms with Gasteiger partial charge < -0.3 is 13.9 Å². The van der Waals surface area contributed by atoms with Crippen LogP contribution >= 0.6 is 11.8 Å². The molecule has 0 atom stereocenters. The van der Waals surface area contributed by atoms with Crippen molar-refractivity contribution in [2.24, 2.45) is 0 Å². The number of methoxy groups -OCH3 is 1. The van der Waals surface area contributed by atoms with Crippen molar-refractivity contribution in [3.8, 4) is 0 Å². The monoisotopic (exact) mass is 313 g/mol. The second-order valence-electron chi connectivity index (χ2n) is 5.16. The molecule has 1 aromatic heterocycles. The number of hydrogen-bond donors (Lipinski definition) is 1. The van der Waals surface area contributed by atoms with Crippen LogP contribution in [0.25, 0.3) is 0 Å². The van der Waals surface area contributed by atoms with Gasteiger partial charge in [0.1, 0.15) is 11.3 Å². The Morgan fingerprint density at radius 2 is 2.05 bits per heavy atom. The molecule has 0 unspecified atom stereocenters. The number of alkyl carbamates (subject to hydrolysis) is 1. The van der Waals surface area contributed by atoms with Crippen LogP contribution in [-0.4, -0.2) is 24.8 Å². The number of carbonyl (C=O) groups is 2. The smallest absolute Gasteiger partial charge is 0.412 e. The van der Waals surface area contributed by atoms with E-state index in [0.717, 1.165) is 5.56 Å². The zero-order valence-corrected chi connectivity index (χ0v) is 13.5. The third-order valence-corrected chi connectivity index (χ3v) is 3.13. The van der Waals surface area contributed by atoms with Gasteiger partial charge in [0, 0.05) is 11.0 Å². The van der Waals surface area contributed by atoms with E-state index in [4.69, 9.17) is 9.15 Å². The molecule has 0 bridgehead atoms. The van der Waals surface area contributed by atoms with Crippen molar-refractivity contribution in [1.82, 2.24) is 5.32 Å². The minimum atomic E-state index is -0.726. The lowest BCUT2D eigenvalue weighted by Crippen LogP contribution is -2.34. The maximum atomic E-state index is 11.7. The Labute approximate surface area is 127 Å². The van der Waals surface area contributed by atoms with Crippen LogP contribution in [0.2, 0.25) is 0 Å². The number of esters is 1. The van der Waals surface area contributed by atoms with E-state index in [1.807, 2.05) is 6.92 Å². The second kappa shape index (κ2) is 7.21. The summed E-state index contributed by atoms with van der Waals surface area (Å²) in [7, 11) is 1.23. The summed E-state index contributed by atoms with van der Waals surface area (Å²) in [6.45, 7) is 7.07. The third-order valence-electron chi connectivity index (χ3n) is 2.14. The van der Waals surface area contributed by atoms with Gasteiger partial charge in [-0.15, -0.1) is 0 Å². The topological polar surface area (TPSA) is 77.8 Å². The number of rotatable bonds is 4. The van der Waals surface area contributed by atoms with E-state index in [0.29, 0.717) is 5.09 Å². The van der Waals surface area contributed by atoms with E-state index in [2.05, 4.69) is 10.1 Å². The minimum Gasteiger partial charge on any atom is -0.464 e. The molecule has 0 fully saturated rings. The fourth-order valence-electron chi connectivity index (χ4n) is 1.24. The summed E-state index contributed by atoms with van der Waals surface area (Å²) in [6.07, 6.45) is 0.820. The molecule has 0 aliphatic carbocycles. The van der Waals surface area contributed by atoms with E-state index in [1.165, 1.54) is 24.3 Å². The molecule has 1 N–H and O–H groups in total. The molecule has 1 aromatic rings. The highest BCUT2D eigenvalue weighted by Crippen LogP contribution is 2.25. The molecule has 1 heterocycles. The van der Waals surface area contributed by atoms with Gasteiger partial charge in [0.15, 0.2) is 5.09 Å². The molecule has 1 rings (SSSR count). The van der Waals surface area contributed by atoms with Crippen LogP contribution in [0.5, 0.6) is 0 Å². The van der Waals surface area contributed by atoms with Crippen molar-refractivity contribution in [2.45, 2.75) is 38.4 Å². The molecule has 0 radical (unpaired) electrons. The van der Waals surface area contributed by atoms with E-state index in [9.17, 15) is 9.59 Å². The van der Waals surface area contributed by atoms with E-state index >= 15 is 0 Å². The summed E-state index contributed by atoms with van der Waals surface area (Å²) in [4.78, 5) is 23.4. The Morgan fingerprint density at radius 1 is 1.38 bits per heavy atom. The SMILES string of the molecule is COC(=O)/C(=C/Sc1occc1C)NC(=O)OC(C)(C)C. The summed E-state index contributed by atoms with van der Waals surface area (Å²) < 4.78 is 15.0. The van der Waals surface area contributed by atoms with Crippen molar-refractivity contribution < 1.29 is 23.5 Å². The molecule has 116 valence electrons. The molecule has 0 saturated heterocycles. The first-order chi connectivity index (χ1) is 9.73. The molecule has 0 aromatic carbocycles. The zero-order chi connectivity index (χ0) is 16.0. The predicted molar refractivity (Wildman–Crippen MR) is 78.8 cm³/mol. The molecule has 21 heavy (non-hydrogen) atoms. The molecule has 0 aliphatic rings. The number of furan rings is 1. The number of hydrogen-bond acceptors (Lipinski definition) is 6. The van der Waals surface area contributed by atoms with Crippen molar-refractivity contribution in [3.63, 3.8) is 0 Å². The number of ether oxygens (including phenoxy) is 2. The average Bonchev–Trinajstić information content (AvgIpc) is 2.77. The zero-order valence-electron chi connectivity index (χ0n) is 12.7. The molecule has 0 aliphatic heterocycles. The van der Waals surface area contributed by atoms with Crippen molar-refractivity contribution in [3.05, 3.63) is 29.0 Å². The van der Waals surface area contributed by atoms with Gasteiger partial charge in [-0.05, 0) is 33.8 Å². The Morgan fingerprint density at radius 3 is 2.52 bits per heavy atom. The molecular formula is C14H19NO5S. The molecule has 0 spiro atoms. The number of nitrogens with one attached hydrogen (secondary N) is 1. The van der Waals surface area contributed by atoms with Gasteiger partial charge in [-0.25, -0.2) is 9.59 Å². The van der Waals surface area contributed by atoms with Crippen LogP contribution in [0.1, 0.15) is 26.3 Å². The summed E-state index contributed by atoms with van der Waals surface area (Å²) >= 11 is 1.17. The third kappa shape index (κ3) is 5.95. The number of thioether (sulfide) groups is 1. The quantitative estimate of drug-likeness (QED) is 0.522. The van der Waals surface area contributed by atoms with Gasteiger partial charge >= 0.3 is 12.1 Å². The second-order valence-corrected chi connectivity index (χ2v) is 6.00. The lowest BCUT2D eigenvalue weighted by molar-refractivity contribution is -0.136. The molecule has 0 saturated carbocycles. The highest BCUT2D eigenvalue weighted by Gasteiger charge is 2.20. The van der Waals surface area contributed by atoms with Crippen molar-refractivity contribution >= 4 is 23.8 Å². The van der Waals surface area contributed by atoms with Crippen LogP contribution in [0.3, 0.4) is 0 Å². The van der Waals surface area contributed by atoms with Crippen LogP contribution in [0.4, 0.5) is 4.79 Å². The first-order valence-electron chi connectivity index (χ1n) is 6.22. The van der Waals surface area contributed by atoms with Gasteiger partial charge in [0.05, 0.1) is 13.4 Å². The van der Waals surface area contributed by atoms with Crippen molar-refractivity contribution in [2.75, 3.05) is 7.11 Å². The highest BCUT2D eigenvalue weighted by atomic mass is 32.2. The fraction of sp³-hybridized carbons (Fsp3) is 0.429. The Kier molecular flexibility index (Phi) is 5.90. The first kappa shape index (κ1) is 17.2. The summed E-state index contributed by atoms with van der Waals surface area (Å²) in [5.41, 5.74) is 0.251. The first-order valence-corrected chi connectivity index (χ1v) is 7.10. The lowest BCUT2D eigenvalue weighted by atomic mass is 10.2. The molecular weight excluding hydrogens is 294 g/mol. The molecule has 1 amide bonds. The van der Waals surface area contributed by atoms with Crippen LogP contribution in [0, 0.1) is 6.92 Å². The van der Waals surface area contributed by atoms with E-state index < -0.39 is 17.7 Å². The minimum absolute atomic E-state index is 0.0208. The Hall–Kier alpha value is -1.89. The summed E-state index contributed by atoms with van der Waals surface area (Å²) in [6, 6.07) is 1.80. The van der Waals surface area contributed by atoms with Gasteiger partial charge in [-0.3, -0.25) is 5.32 Å². The maximum Gasteiger partial charge on any atom is 0.412 e. The van der Waals surface area contributed by atoms with Gasteiger partial charge in [-0.1, -0.05) is 11.8 Å². The van der Waals surface area contributed by atoms with Crippen LogP contribution in [-0.2, 0) is 14.3 Å². The standard InChI is InChI=1S/C14H19NO5S/c1-9-6-7-19-12(9)21-8-10(11(16)18-5)15-13(17)20-14(2,3)4/h6-8H,1-5H3,(H,15,17)/b10-8-. The molecule has 6 nitrogen and oxygen atoms in total. The van der Waals surface area contributed by atoms with E-state index in [1.54, 1.807) is 33.1 Å². The largest absolute Gasteiger partial charge is 0.464 e. The van der Waals surface area contributed by atoms with Gasteiger partial charge in [0.2, 0.25) is 0 Å². The normalized spacial score (nSPS) is 12.0. The van der Waals surface area contributed by atoms with E-state index in [-0.39, 0.29) is 5.70 Å². The Balaban J connectivity index is 2.79. The van der Waals surface area contributed by atoms with Gasteiger partial charge in [0.25, 0.3) is 0 Å². The number of amides is 1. The summed E-state index contributed by atoms with van der Waals surface area (Å²) in [5, 5.41) is 4.44.